The van der Waals surface area contributed by atoms with Gasteiger partial charge in [0.25, 0.3) is 5.91 Å². The Balaban J connectivity index is 2.02. The molecule has 14 heteroatoms. The number of para-hydroxylation sites is 1. The third-order valence-electron chi connectivity index (χ3n) is 5.26. The fourth-order valence-corrected chi connectivity index (χ4v) is 3.31. The average Bonchev–Trinajstić information content (AvgIpc) is 3.21. The molecule has 36 heavy (non-hydrogen) atoms. The van der Waals surface area contributed by atoms with Crippen LogP contribution in [0.25, 0.3) is 0 Å². The molecule has 2 aromatic rings. The lowest BCUT2D eigenvalue weighted by Gasteiger charge is -2.41. The van der Waals surface area contributed by atoms with Gasteiger partial charge in [-0.1, -0.05) is 12.1 Å². The molecule has 0 radical (unpaired) electrons. The number of halogens is 7. The van der Waals surface area contributed by atoms with Crippen LogP contribution >= 0.6 is 0 Å². The van der Waals surface area contributed by atoms with Gasteiger partial charge in [-0.25, -0.2) is 0 Å². The molecule has 0 aromatic heterocycles. The SMILES string of the molecule is COc1ccc(C2=NN(C(=O)COc3ccccc3C#N)[C@@](O)(C(F)(F)C(F)(F)C(F)(F)F)C2)cc1. The molecule has 1 amide bonds. The zero-order valence-corrected chi connectivity index (χ0v) is 18.2. The van der Waals surface area contributed by atoms with Crippen LogP contribution in [0.2, 0.25) is 0 Å². The minimum atomic E-state index is -6.77. The van der Waals surface area contributed by atoms with E-state index in [0.29, 0.717) is 5.75 Å². The first-order valence-corrected chi connectivity index (χ1v) is 9.91. The van der Waals surface area contributed by atoms with E-state index in [1.165, 1.54) is 55.6 Å². The van der Waals surface area contributed by atoms with Crippen molar-refractivity contribution in [1.29, 1.82) is 5.26 Å². The van der Waals surface area contributed by atoms with Crippen LogP contribution in [-0.2, 0) is 4.79 Å². The van der Waals surface area contributed by atoms with E-state index in [9.17, 15) is 40.6 Å². The molecule has 1 aliphatic heterocycles. The Hall–Kier alpha value is -3.86. The van der Waals surface area contributed by atoms with Crippen LogP contribution in [0, 0.1) is 11.3 Å². The van der Waals surface area contributed by atoms with Crippen LogP contribution in [0.5, 0.6) is 11.5 Å². The van der Waals surface area contributed by atoms with Crippen LogP contribution in [0.15, 0.2) is 53.6 Å². The maximum Gasteiger partial charge on any atom is 0.460 e. The lowest BCUT2D eigenvalue weighted by molar-refractivity contribution is -0.401. The van der Waals surface area contributed by atoms with Crippen molar-refractivity contribution in [2.24, 2.45) is 5.10 Å². The second-order valence-electron chi connectivity index (χ2n) is 7.52. The number of nitrogens with zero attached hydrogens (tertiary/aromatic N) is 3. The summed E-state index contributed by atoms with van der Waals surface area (Å²) in [7, 11) is 1.31. The first-order valence-electron chi connectivity index (χ1n) is 9.91. The van der Waals surface area contributed by atoms with Crippen LogP contribution in [0.4, 0.5) is 30.7 Å². The van der Waals surface area contributed by atoms with Gasteiger partial charge in [0.05, 0.1) is 18.4 Å². The Morgan fingerprint density at radius 2 is 1.72 bits per heavy atom. The molecular formula is C22H16F7N3O4. The maximum absolute atomic E-state index is 14.8. The van der Waals surface area contributed by atoms with Crippen molar-refractivity contribution in [2.75, 3.05) is 13.7 Å². The molecule has 0 unspecified atom stereocenters. The first-order chi connectivity index (χ1) is 16.7. The number of rotatable bonds is 7. The highest BCUT2D eigenvalue weighted by atomic mass is 19.4. The number of carbonyl (C=O) groups is 1. The molecule has 0 spiro atoms. The summed E-state index contributed by atoms with van der Waals surface area (Å²) in [5, 5.41) is 22.6. The predicted octanol–water partition coefficient (Wildman–Crippen LogP) is 4.10. The van der Waals surface area contributed by atoms with E-state index < -0.39 is 53.4 Å². The molecule has 3 rings (SSSR count). The number of amides is 1. The van der Waals surface area contributed by atoms with Crippen LogP contribution in [0.3, 0.4) is 0 Å². The Kier molecular flexibility index (Phi) is 6.91. The largest absolute Gasteiger partial charge is 0.497 e. The standard InChI is InChI=1S/C22H16F7N3O4/c1-35-15-8-6-13(7-9-15)16-10-19(34,20(23,24)21(25,26)22(27,28)29)32(31-16)18(33)12-36-17-5-3-2-4-14(17)11-30/h2-9,34H,10,12H2,1H3/t19-/m0/s1. The Morgan fingerprint density at radius 3 is 2.28 bits per heavy atom. The van der Waals surface area contributed by atoms with Crippen molar-refractivity contribution >= 4 is 11.6 Å². The van der Waals surface area contributed by atoms with E-state index in [0.717, 1.165) is 0 Å². The molecule has 192 valence electrons. The number of benzene rings is 2. The fourth-order valence-electron chi connectivity index (χ4n) is 3.31. The highest BCUT2D eigenvalue weighted by Crippen LogP contribution is 2.54. The molecule has 1 N–H and O–H groups in total. The molecule has 1 heterocycles. The lowest BCUT2D eigenvalue weighted by atomic mass is 9.91. The fraction of sp³-hybridized carbons (Fsp3) is 0.318. The van der Waals surface area contributed by atoms with Gasteiger partial charge in [0.2, 0.25) is 5.72 Å². The molecular weight excluding hydrogens is 503 g/mol. The molecule has 0 fully saturated rings. The zero-order valence-electron chi connectivity index (χ0n) is 18.2. The number of alkyl halides is 7. The summed E-state index contributed by atoms with van der Waals surface area (Å²) in [6.45, 7) is -1.23. The molecule has 2 aromatic carbocycles. The second kappa shape index (κ2) is 9.30. The number of nitriles is 1. The summed E-state index contributed by atoms with van der Waals surface area (Å²) in [4.78, 5) is 12.7. The normalized spacial score (nSPS) is 18.4. The van der Waals surface area contributed by atoms with Crippen molar-refractivity contribution in [1.82, 2.24) is 5.01 Å². The topological polar surface area (TPSA) is 95.1 Å². The smallest absolute Gasteiger partial charge is 0.460 e. The molecule has 0 saturated carbocycles. The number of methoxy groups -OCH3 is 1. The highest BCUT2D eigenvalue weighted by Gasteiger charge is 2.82. The van der Waals surface area contributed by atoms with Gasteiger partial charge in [-0.3, -0.25) is 4.79 Å². The van der Waals surface area contributed by atoms with Crippen molar-refractivity contribution in [2.45, 2.75) is 30.2 Å². The number of ether oxygens (including phenoxy) is 2. The van der Waals surface area contributed by atoms with Crippen molar-refractivity contribution < 1.29 is 50.1 Å². The Morgan fingerprint density at radius 1 is 1.11 bits per heavy atom. The van der Waals surface area contributed by atoms with Crippen molar-refractivity contribution in [3.05, 3.63) is 59.7 Å². The van der Waals surface area contributed by atoms with Crippen molar-refractivity contribution in [3.8, 4) is 17.6 Å². The number of aliphatic hydroxyl groups is 1. The van der Waals surface area contributed by atoms with E-state index in [4.69, 9.17) is 14.7 Å². The second-order valence-corrected chi connectivity index (χ2v) is 7.52. The minimum absolute atomic E-state index is 0.0635. The predicted molar refractivity (Wildman–Crippen MR) is 109 cm³/mol. The van der Waals surface area contributed by atoms with E-state index in [2.05, 4.69) is 5.10 Å². The minimum Gasteiger partial charge on any atom is -0.497 e. The summed E-state index contributed by atoms with van der Waals surface area (Å²) in [6.07, 6.45) is -8.34. The summed E-state index contributed by atoms with van der Waals surface area (Å²) in [5.41, 5.74) is -5.15. The Labute approximate surface area is 198 Å². The van der Waals surface area contributed by atoms with E-state index >= 15 is 0 Å². The maximum atomic E-state index is 14.8. The molecule has 1 atom stereocenters. The van der Waals surface area contributed by atoms with E-state index in [-0.39, 0.29) is 16.9 Å². The van der Waals surface area contributed by atoms with Gasteiger partial charge in [0.1, 0.15) is 17.6 Å². The lowest BCUT2D eigenvalue weighted by Crippen LogP contribution is -2.69. The monoisotopic (exact) mass is 519 g/mol. The van der Waals surface area contributed by atoms with Crippen LogP contribution < -0.4 is 9.47 Å². The summed E-state index contributed by atoms with van der Waals surface area (Å²) >= 11 is 0. The molecule has 7 nitrogen and oxygen atoms in total. The van der Waals surface area contributed by atoms with Gasteiger partial charge >= 0.3 is 18.0 Å². The highest BCUT2D eigenvalue weighted by molar-refractivity contribution is 6.03. The van der Waals surface area contributed by atoms with E-state index in [1.807, 2.05) is 0 Å². The summed E-state index contributed by atoms with van der Waals surface area (Å²) in [6, 6.07) is 12.1. The molecule has 1 aliphatic rings. The van der Waals surface area contributed by atoms with Crippen LogP contribution in [0.1, 0.15) is 17.5 Å². The third-order valence-corrected chi connectivity index (χ3v) is 5.26. The first kappa shape index (κ1) is 26.7. The van der Waals surface area contributed by atoms with Gasteiger partial charge in [-0.15, -0.1) is 0 Å². The summed E-state index contributed by atoms with van der Waals surface area (Å²) in [5.74, 6) is -14.6. The molecule has 0 saturated heterocycles. The number of hydrazone groups is 1. The zero-order chi connectivity index (χ0) is 26.9. The van der Waals surface area contributed by atoms with Crippen molar-refractivity contribution in [3.63, 3.8) is 0 Å². The number of hydrogen-bond donors (Lipinski definition) is 1. The van der Waals surface area contributed by atoms with Gasteiger partial charge in [0, 0.05) is 6.42 Å². The number of hydrogen-bond acceptors (Lipinski definition) is 6. The molecule has 0 bridgehead atoms. The average molecular weight is 519 g/mol. The third kappa shape index (κ3) is 4.41. The van der Waals surface area contributed by atoms with Gasteiger partial charge in [0.15, 0.2) is 6.61 Å². The van der Waals surface area contributed by atoms with Crippen LogP contribution in [-0.4, -0.2) is 59.2 Å². The number of carbonyl (C=O) groups excluding carboxylic acids is 1. The van der Waals surface area contributed by atoms with Gasteiger partial charge < -0.3 is 14.6 Å². The Bertz CT molecular complexity index is 1210. The molecule has 0 aliphatic carbocycles. The van der Waals surface area contributed by atoms with Gasteiger partial charge in [-0.05, 0) is 42.0 Å². The summed E-state index contributed by atoms with van der Waals surface area (Å²) < 4.78 is 106. The van der Waals surface area contributed by atoms with E-state index in [1.54, 1.807) is 6.07 Å². The quantitative estimate of drug-likeness (QED) is 0.556. The van der Waals surface area contributed by atoms with Gasteiger partial charge in [-0.2, -0.15) is 46.1 Å².